The zero-order chi connectivity index (χ0) is 14.8. The molecule has 3 heteroatoms. The van der Waals surface area contributed by atoms with Crippen LogP contribution < -0.4 is 5.32 Å². The standard InChI is InChI=1S/C17H20FNO/c1-17(2,3)13-4-6-15(7-5-13)19-11-12-8-14(18)10-16(20)9-12/h4-10,19-20H,11H2,1-3H3. The van der Waals surface area contributed by atoms with Gasteiger partial charge in [0, 0.05) is 18.3 Å². The topological polar surface area (TPSA) is 32.3 Å². The predicted molar refractivity (Wildman–Crippen MR) is 80.5 cm³/mol. The molecule has 0 spiro atoms. The van der Waals surface area contributed by atoms with Crippen molar-refractivity contribution >= 4 is 5.69 Å². The summed E-state index contributed by atoms with van der Waals surface area (Å²) >= 11 is 0. The average Bonchev–Trinajstić information content (AvgIpc) is 2.35. The van der Waals surface area contributed by atoms with E-state index in [2.05, 4.69) is 38.2 Å². The van der Waals surface area contributed by atoms with E-state index in [0.29, 0.717) is 12.1 Å². The van der Waals surface area contributed by atoms with Crippen LogP contribution in [-0.4, -0.2) is 5.11 Å². The third-order valence-corrected chi connectivity index (χ3v) is 3.19. The lowest BCUT2D eigenvalue weighted by Crippen LogP contribution is -2.10. The molecule has 0 aromatic heterocycles. The van der Waals surface area contributed by atoms with Gasteiger partial charge in [0.1, 0.15) is 11.6 Å². The van der Waals surface area contributed by atoms with E-state index in [4.69, 9.17) is 0 Å². The number of benzene rings is 2. The zero-order valence-electron chi connectivity index (χ0n) is 12.1. The largest absolute Gasteiger partial charge is 0.508 e. The molecule has 0 bridgehead atoms. The van der Waals surface area contributed by atoms with Gasteiger partial charge in [-0.25, -0.2) is 4.39 Å². The van der Waals surface area contributed by atoms with Crippen molar-refractivity contribution in [2.24, 2.45) is 0 Å². The maximum Gasteiger partial charge on any atom is 0.127 e. The van der Waals surface area contributed by atoms with Crippen LogP contribution >= 0.6 is 0 Å². The molecule has 0 saturated carbocycles. The maximum absolute atomic E-state index is 13.2. The van der Waals surface area contributed by atoms with Gasteiger partial charge in [0.15, 0.2) is 0 Å². The van der Waals surface area contributed by atoms with E-state index in [1.165, 1.54) is 11.6 Å². The average molecular weight is 273 g/mol. The van der Waals surface area contributed by atoms with Gasteiger partial charge in [0.05, 0.1) is 0 Å². The Morgan fingerprint density at radius 3 is 2.25 bits per heavy atom. The third-order valence-electron chi connectivity index (χ3n) is 3.19. The predicted octanol–water partition coefficient (Wildman–Crippen LogP) is 4.44. The van der Waals surface area contributed by atoms with Gasteiger partial charge < -0.3 is 10.4 Å². The van der Waals surface area contributed by atoms with Crippen LogP contribution in [0.4, 0.5) is 10.1 Å². The molecule has 0 radical (unpaired) electrons. The monoisotopic (exact) mass is 273 g/mol. The summed E-state index contributed by atoms with van der Waals surface area (Å²) in [4.78, 5) is 0. The lowest BCUT2D eigenvalue weighted by atomic mass is 9.87. The lowest BCUT2D eigenvalue weighted by Gasteiger charge is -2.19. The van der Waals surface area contributed by atoms with Gasteiger partial charge in [-0.05, 0) is 40.8 Å². The fourth-order valence-corrected chi connectivity index (χ4v) is 2.03. The van der Waals surface area contributed by atoms with E-state index < -0.39 is 5.82 Å². The highest BCUT2D eigenvalue weighted by Gasteiger charge is 2.12. The van der Waals surface area contributed by atoms with Crippen molar-refractivity contribution in [2.75, 3.05) is 5.32 Å². The number of phenolic OH excluding ortho intramolecular Hbond substituents is 1. The molecule has 0 aliphatic carbocycles. The van der Waals surface area contributed by atoms with Crippen LogP contribution in [0.5, 0.6) is 5.75 Å². The summed E-state index contributed by atoms with van der Waals surface area (Å²) in [6.45, 7) is 6.99. The van der Waals surface area contributed by atoms with Gasteiger partial charge in [-0.1, -0.05) is 32.9 Å². The summed E-state index contributed by atoms with van der Waals surface area (Å²) < 4.78 is 13.2. The summed E-state index contributed by atoms with van der Waals surface area (Å²) in [5.41, 5.74) is 3.09. The van der Waals surface area contributed by atoms with Crippen molar-refractivity contribution in [1.82, 2.24) is 0 Å². The second kappa shape index (κ2) is 5.53. The molecule has 0 aliphatic heterocycles. The molecule has 2 aromatic carbocycles. The molecular weight excluding hydrogens is 253 g/mol. The van der Waals surface area contributed by atoms with Gasteiger partial charge in [-0.15, -0.1) is 0 Å². The van der Waals surface area contributed by atoms with Gasteiger partial charge in [0.25, 0.3) is 0 Å². The Morgan fingerprint density at radius 2 is 1.70 bits per heavy atom. The molecule has 0 unspecified atom stereocenters. The van der Waals surface area contributed by atoms with E-state index in [1.807, 2.05) is 12.1 Å². The van der Waals surface area contributed by atoms with Crippen LogP contribution in [0.25, 0.3) is 0 Å². The first kappa shape index (κ1) is 14.4. The van der Waals surface area contributed by atoms with E-state index in [9.17, 15) is 9.50 Å². The first-order valence-corrected chi connectivity index (χ1v) is 6.67. The van der Waals surface area contributed by atoms with Gasteiger partial charge in [0.2, 0.25) is 0 Å². The summed E-state index contributed by atoms with van der Waals surface area (Å²) in [6, 6.07) is 12.3. The molecule has 0 aliphatic rings. The van der Waals surface area contributed by atoms with E-state index in [1.54, 1.807) is 6.07 Å². The summed E-state index contributed by atoms with van der Waals surface area (Å²) in [5, 5.41) is 12.6. The number of rotatable bonds is 3. The summed E-state index contributed by atoms with van der Waals surface area (Å²) in [7, 11) is 0. The molecular formula is C17H20FNO. The molecule has 0 atom stereocenters. The first-order valence-electron chi connectivity index (χ1n) is 6.67. The number of hydrogen-bond acceptors (Lipinski definition) is 2. The van der Waals surface area contributed by atoms with Crippen molar-refractivity contribution in [3.8, 4) is 5.75 Å². The van der Waals surface area contributed by atoms with Gasteiger partial charge in [-0.3, -0.25) is 0 Å². The van der Waals surface area contributed by atoms with E-state index in [0.717, 1.165) is 11.8 Å². The Bertz CT molecular complexity index is 565. The Kier molecular flexibility index (Phi) is 3.98. The first-order chi connectivity index (χ1) is 9.34. The van der Waals surface area contributed by atoms with Crippen LogP contribution in [-0.2, 0) is 12.0 Å². The highest BCUT2D eigenvalue weighted by atomic mass is 19.1. The van der Waals surface area contributed by atoms with Gasteiger partial charge in [-0.2, -0.15) is 0 Å². The van der Waals surface area contributed by atoms with E-state index in [-0.39, 0.29) is 11.2 Å². The molecule has 2 nitrogen and oxygen atoms in total. The molecule has 20 heavy (non-hydrogen) atoms. The number of nitrogens with one attached hydrogen (secondary N) is 1. The van der Waals surface area contributed by atoms with Crippen LogP contribution in [0.15, 0.2) is 42.5 Å². The Balaban J connectivity index is 2.04. The quantitative estimate of drug-likeness (QED) is 0.866. The number of aromatic hydroxyl groups is 1. The van der Waals surface area contributed by atoms with Gasteiger partial charge >= 0.3 is 0 Å². The number of phenols is 1. The van der Waals surface area contributed by atoms with Crippen LogP contribution in [0.3, 0.4) is 0 Å². The fourth-order valence-electron chi connectivity index (χ4n) is 2.03. The minimum absolute atomic E-state index is 0.0510. The Morgan fingerprint density at radius 1 is 1.05 bits per heavy atom. The molecule has 2 N–H and O–H groups in total. The molecule has 2 aromatic rings. The van der Waals surface area contributed by atoms with Crippen LogP contribution in [0, 0.1) is 5.82 Å². The van der Waals surface area contributed by atoms with Crippen molar-refractivity contribution in [2.45, 2.75) is 32.7 Å². The maximum atomic E-state index is 13.2. The summed E-state index contributed by atoms with van der Waals surface area (Å²) in [5.74, 6) is -0.477. The Hall–Kier alpha value is -2.03. The Labute approximate surface area is 119 Å². The smallest absolute Gasteiger partial charge is 0.127 e. The number of anilines is 1. The second-order valence-electron chi connectivity index (χ2n) is 6.00. The highest BCUT2D eigenvalue weighted by molar-refractivity contribution is 5.46. The van der Waals surface area contributed by atoms with Crippen LogP contribution in [0.1, 0.15) is 31.9 Å². The van der Waals surface area contributed by atoms with E-state index >= 15 is 0 Å². The molecule has 0 saturated heterocycles. The minimum atomic E-state index is -0.426. The van der Waals surface area contributed by atoms with Crippen molar-refractivity contribution in [1.29, 1.82) is 0 Å². The third kappa shape index (κ3) is 3.73. The minimum Gasteiger partial charge on any atom is -0.508 e. The number of halogens is 1. The molecule has 0 heterocycles. The molecule has 0 fully saturated rings. The van der Waals surface area contributed by atoms with Crippen LogP contribution in [0.2, 0.25) is 0 Å². The molecule has 0 amide bonds. The fraction of sp³-hybridized carbons (Fsp3) is 0.294. The molecule has 2 rings (SSSR count). The summed E-state index contributed by atoms with van der Waals surface area (Å²) in [6.07, 6.45) is 0. The van der Waals surface area contributed by atoms with Crippen molar-refractivity contribution in [3.05, 3.63) is 59.4 Å². The highest BCUT2D eigenvalue weighted by Crippen LogP contribution is 2.24. The zero-order valence-corrected chi connectivity index (χ0v) is 12.1. The second-order valence-corrected chi connectivity index (χ2v) is 6.00. The van der Waals surface area contributed by atoms with Crippen molar-refractivity contribution < 1.29 is 9.50 Å². The molecule has 106 valence electrons. The SMILES string of the molecule is CC(C)(C)c1ccc(NCc2cc(O)cc(F)c2)cc1. The lowest BCUT2D eigenvalue weighted by molar-refractivity contribution is 0.468. The number of hydrogen-bond donors (Lipinski definition) is 2. The van der Waals surface area contributed by atoms with Crippen molar-refractivity contribution in [3.63, 3.8) is 0 Å². The normalized spacial score (nSPS) is 11.4.